The molecule has 1 aliphatic carbocycles. The molecule has 1 aliphatic heterocycles. The maximum atomic E-state index is 3.61. The normalized spacial score (nSPS) is 23.7. The van der Waals surface area contributed by atoms with Crippen LogP contribution in [0.1, 0.15) is 24.0 Å². The number of benzene rings is 1. The zero-order valence-corrected chi connectivity index (χ0v) is 7.06. The van der Waals surface area contributed by atoms with Gasteiger partial charge in [0.15, 0.2) is 0 Å². The summed E-state index contributed by atoms with van der Waals surface area (Å²) < 4.78 is 0. The Morgan fingerprint density at radius 3 is 3.17 bits per heavy atom. The van der Waals surface area contributed by atoms with Gasteiger partial charge in [-0.1, -0.05) is 18.2 Å². The second-order valence-electron chi connectivity index (χ2n) is 3.84. The smallest absolute Gasteiger partial charge is 0.0439 e. The summed E-state index contributed by atoms with van der Waals surface area (Å²) in [6, 6.07) is 9.57. The molecule has 0 aromatic heterocycles. The van der Waals surface area contributed by atoms with Crippen molar-refractivity contribution in [3.63, 3.8) is 0 Å². The Labute approximate surface area is 72.8 Å². The lowest BCUT2D eigenvalue weighted by molar-refractivity contribution is 0.489. The van der Waals surface area contributed by atoms with E-state index in [1.165, 1.54) is 30.4 Å². The summed E-state index contributed by atoms with van der Waals surface area (Å²) in [5.41, 5.74) is 3.43. The quantitative estimate of drug-likeness (QED) is 0.605. The molecule has 1 saturated carbocycles. The highest BCUT2D eigenvalue weighted by molar-refractivity contribution is 5.39. The van der Waals surface area contributed by atoms with E-state index in [1.54, 1.807) is 0 Å². The summed E-state index contributed by atoms with van der Waals surface area (Å²) in [6.45, 7) is 1.14. The van der Waals surface area contributed by atoms with E-state index in [9.17, 15) is 0 Å². The predicted octanol–water partition coefficient (Wildman–Crippen LogP) is 1.62. The van der Waals surface area contributed by atoms with Crippen molar-refractivity contribution >= 4 is 0 Å². The number of rotatable bonds is 0. The van der Waals surface area contributed by atoms with Gasteiger partial charge in [-0.25, -0.2) is 0 Å². The molecule has 1 fully saturated rings. The molecule has 0 amide bonds. The molecular weight excluding hydrogens is 146 g/mol. The molecule has 1 aromatic rings. The zero-order chi connectivity index (χ0) is 8.02. The number of nitrogens with one attached hydrogen (secondary N) is 1. The topological polar surface area (TPSA) is 12.0 Å². The van der Waals surface area contributed by atoms with Gasteiger partial charge < -0.3 is 5.32 Å². The van der Waals surface area contributed by atoms with E-state index < -0.39 is 0 Å². The zero-order valence-electron chi connectivity index (χ0n) is 7.06. The van der Waals surface area contributed by atoms with E-state index in [0.29, 0.717) is 5.54 Å². The van der Waals surface area contributed by atoms with Crippen molar-refractivity contribution in [2.45, 2.75) is 24.8 Å². The summed E-state index contributed by atoms with van der Waals surface area (Å²) in [5, 5.41) is 3.61. The third-order valence-corrected chi connectivity index (χ3v) is 3.07. The van der Waals surface area contributed by atoms with Gasteiger partial charge in [-0.05, 0) is 36.5 Å². The first-order valence-corrected chi connectivity index (χ1v) is 4.65. The van der Waals surface area contributed by atoms with Crippen LogP contribution in [0.2, 0.25) is 0 Å². The molecule has 1 spiro atoms. The fourth-order valence-corrected chi connectivity index (χ4v) is 2.24. The predicted molar refractivity (Wildman–Crippen MR) is 47.9 cm³/mol. The molecule has 61 valence electrons. The maximum Gasteiger partial charge on any atom is 0.0439 e. The van der Waals surface area contributed by atoms with Crippen LogP contribution in [0.5, 0.6) is 0 Å². The first-order valence-electron chi connectivity index (χ1n) is 4.65. The molecular formula is C11H12N. The lowest BCUT2D eigenvalue weighted by Gasteiger charge is -2.26. The lowest BCUT2D eigenvalue weighted by atomic mass is 9.93. The minimum absolute atomic E-state index is 0.392. The third kappa shape index (κ3) is 0.774. The molecule has 12 heavy (non-hydrogen) atoms. The average molecular weight is 158 g/mol. The van der Waals surface area contributed by atoms with Crippen LogP contribution in [0.4, 0.5) is 0 Å². The van der Waals surface area contributed by atoms with Crippen LogP contribution in [0.3, 0.4) is 0 Å². The summed E-state index contributed by atoms with van der Waals surface area (Å²) in [6.07, 6.45) is 3.82. The Bertz CT molecular complexity index is 313. The van der Waals surface area contributed by atoms with E-state index >= 15 is 0 Å². The van der Waals surface area contributed by atoms with Crippen LogP contribution >= 0.6 is 0 Å². The Morgan fingerprint density at radius 1 is 1.42 bits per heavy atom. The van der Waals surface area contributed by atoms with Crippen molar-refractivity contribution in [1.29, 1.82) is 0 Å². The highest BCUT2D eigenvalue weighted by Gasteiger charge is 2.46. The van der Waals surface area contributed by atoms with Gasteiger partial charge in [0.1, 0.15) is 0 Å². The molecule has 0 saturated heterocycles. The number of fused-ring (bicyclic) bond motifs is 2. The molecule has 1 aromatic carbocycles. The van der Waals surface area contributed by atoms with Gasteiger partial charge in [-0.2, -0.15) is 0 Å². The summed E-state index contributed by atoms with van der Waals surface area (Å²) in [4.78, 5) is 0. The molecule has 1 radical (unpaired) electrons. The van der Waals surface area contributed by atoms with Crippen LogP contribution < -0.4 is 5.32 Å². The number of hydrogen-bond donors (Lipinski definition) is 1. The van der Waals surface area contributed by atoms with Crippen molar-refractivity contribution in [2.75, 3.05) is 6.54 Å². The van der Waals surface area contributed by atoms with E-state index in [-0.39, 0.29) is 0 Å². The largest absolute Gasteiger partial charge is 0.307 e. The Balaban J connectivity index is 2.16. The van der Waals surface area contributed by atoms with Crippen LogP contribution in [0.25, 0.3) is 0 Å². The van der Waals surface area contributed by atoms with Gasteiger partial charge in [-0.3, -0.25) is 0 Å². The van der Waals surface area contributed by atoms with E-state index in [4.69, 9.17) is 0 Å². The van der Waals surface area contributed by atoms with Gasteiger partial charge in [0.2, 0.25) is 0 Å². The molecule has 1 heteroatoms. The highest BCUT2D eigenvalue weighted by atomic mass is 15.0. The van der Waals surface area contributed by atoms with Crippen LogP contribution in [0, 0.1) is 6.07 Å². The van der Waals surface area contributed by atoms with Crippen LogP contribution in [-0.4, -0.2) is 6.54 Å². The Hall–Kier alpha value is -0.820. The van der Waals surface area contributed by atoms with Gasteiger partial charge in [0.25, 0.3) is 0 Å². The van der Waals surface area contributed by atoms with Gasteiger partial charge in [0.05, 0.1) is 0 Å². The van der Waals surface area contributed by atoms with Crippen molar-refractivity contribution in [1.82, 2.24) is 5.32 Å². The molecule has 0 bridgehead atoms. The molecule has 1 N–H and O–H groups in total. The lowest BCUT2D eigenvalue weighted by Crippen LogP contribution is -2.36. The molecule has 1 nitrogen and oxygen atoms in total. The summed E-state index contributed by atoms with van der Waals surface area (Å²) >= 11 is 0. The van der Waals surface area contributed by atoms with Crippen molar-refractivity contribution in [3.8, 4) is 0 Å². The Kier molecular flexibility index (Phi) is 1.17. The molecule has 1 heterocycles. The minimum atomic E-state index is 0.392. The first kappa shape index (κ1) is 6.67. The van der Waals surface area contributed by atoms with Crippen molar-refractivity contribution in [3.05, 3.63) is 35.4 Å². The monoisotopic (exact) mass is 158 g/mol. The fraction of sp³-hybridized carbons (Fsp3) is 0.455. The van der Waals surface area contributed by atoms with Crippen molar-refractivity contribution < 1.29 is 0 Å². The SMILES string of the molecule is [c]1ccc2c(c1)CCNC21CC1. The van der Waals surface area contributed by atoms with E-state index in [1.807, 2.05) is 6.07 Å². The van der Waals surface area contributed by atoms with E-state index in [0.717, 1.165) is 6.54 Å². The van der Waals surface area contributed by atoms with Crippen molar-refractivity contribution in [2.24, 2.45) is 0 Å². The molecule has 2 aliphatic rings. The highest BCUT2D eigenvalue weighted by Crippen LogP contribution is 2.48. The minimum Gasteiger partial charge on any atom is -0.307 e. The molecule has 0 unspecified atom stereocenters. The average Bonchev–Trinajstić information content (AvgIpc) is 2.87. The van der Waals surface area contributed by atoms with Crippen LogP contribution in [-0.2, 0) is 12.0 Å². The summed E-state index contributed by atoms with van der Waals surface area (Å²) in [7, 11) is 0. The standard InChI is InChI=1S/C11H12N/c1-2-4-10-9(3-1)5-8-12-11(10)6-7-11/h2-4,12H,5-8H2. The third-order valence-electron chi connectivity index (χ3n) is 3.07. The first-order chi connectivity index (χ1) is 5.91. The molecule has 0 atom stereocenters. The number of hydrogen-bond acceptors (Lipinski definition) is 1. The van der Waals surface area contributed by atoms with Gasteiger partial charge >= 0.3 is 0 Å². The van der Waals surface area contributed by atoms with Gasteiger partial charge in [-0.15, -0.1) is 0 Å². The fourth-order valence-electron chi connectivity index (χ4n) is 2.24. The van der Waals surface area contributed by atoms with Crippen LogP contribution in [0.15, 0.2) is 18.2 Å². The second kappa shape index (κ2) is 2.11. The second-order valence-corrected chi connectivity index (χ2v) is 3.84. The maximum absolute atomic E-state index is 3.61. The Morgan fingerprint density at radius 2 is 2.33 bits per heavy atom. The van der Waals surface area contributed by atoms with E-state index in [2.05, 4.69) is 23.5 Å². The molecule has 3 rings (SSSR count). The summed E-state index contributed by atoms with van der Waals surface area (Å²) in [5.74, 6) is 0. The van der Waals surface area contributed by atoms with Gasteiger partial charge in [0, 0.05) is 12.1 Å².